The Morgan fingerprint density at radius 2 is 1.80 bits per heavy atom. The molecule has 6 nitrogen and oxygen atoms in total. The van der Waals surface area contributed by atoms with E-state index in [-0.39, 0.29) is 22.2 Å². The van der Waals surface area contributed by atoms with Gasteiger partial charge in [0.1, 0.15) is 5.67 Å². The normalized spacial score (nSPS) is 35.1. The molecule has 1 heterocycles. The van der Waals surface area contributed by atoms with Crippen molar-refractivity contribution in [3.63, 3.8) is 0 Å². The van der Waals surface area contributed by atoms with Gasteiger partial charge in [-0.25, -0.2) is 4.39 Å². The van der Waals surface area contributed by atoms with Gasteiger partial charge in [0, 0.05) is 23.1 Å². The van der Waals surface area contributed by atoms with Crippen molar-refractivity contribution in [1.82, 2.24) is 10.1 Å². The number of hydrogen-bond acceptors (Lipinski definition) is 5. The minimum absolute atomic E-state index is 0.0177. The van der Waals surface area contributed by atoms with Crippen molar-refractivity contribution in [1.29, 1.82) is 5.26 Å². The van der Waals surface area contributed by atoms with Crippen LogP contribution in [0.15, 0.2) is 28.8 Å². The third kappa shape index (κ3) is 3.43. The smallest absolute Gasteiger partial charge is 0.233 e. The Bertz CT molecular complexity index is 1190. The second-order valence-corrected chi connectivity index (χ2v) is 13.0. The third-order valence-electron chi connectivity index (χ3n) is 9.40. The fourth-order valence-electron chi connectivity index (χ4n) is 7.10. The lowest BCUT2D eigenvalue weighted by Gasteiger charge is -2.65. The molecule has 0 N–H and O–H groups in total. The highest BCUT2D eigenvalue weighted by molar-refractivity contribution is 6.00. The highest BCUT2D eigenvalue weighted by atomic mass is 19.1. The quantitative estimate of drug-likeness (QED) is 0.548. The zero-order valence-corrected chi connectivity index (χ0v) is 20.9. The third-order valence-corrected chi connectivity index (χ3v) is 9.40. The first-order valence-electron chi connectivity index (χ1n) is 12.9. The number of aromatic nitrogens is 2. The molecule has 1 amide bonds. The summed E-state index contributed by atoms with van der Waals surface area (Å²) in [6.45, 7) is 6.90. The lowest BCUT2D eigenvalue weighted by Crippen LogP contribution is -2.71. The number of rotatable bonds is 5. The summed E-state index contributed by atoms with van der Waals surface area (Å²) in [4.78, 5) is 20.5. The summed E-state index contributed by atoms with van der Waals surface area (Å²) in [5.74, 6) is 1.56. The maximum Gasteiger partial charge on any atom is 0.233 e. The van der Waals surface area contributed by atoms with Crippen LogP contribution in [0.2, 0.25) is 0 Å². The molecule has 0 radical (unpaired) electrons. The zero-order chi connectivity index (χ0) is 24.7. The van der Waals surface area contributed by atoms with Gasteiger partial charge in [-0.2, -0.15) is 10.2 Å². The number of halogens is 1. The Labute approximate surface area is 205 Å². The first kappa shape index (κ1) is 22.7. The van der Waals surface area contributed by atoms with E-state index in [9.17, 15) is 14.4 Å². The average molecular weight is 477 g/mol. The molecule has 7 heteroatoms. The van der Waals surface area contributed by atoms with Crippen molar-refractivity contribution >= 4 is 11.6 Å². The summed E-state index contributed by atoms with van der Waals surface area (Å²) in [5, 5.41) is 13.7. The van der Waals surface area contributed by atoms with Crippen molar-refractivity contribution in [2.45, 2.75) is 95.1 Å². The van der Waals surface area contributed by atoms with Crippen LogP contribution in [-0.4, -0.2) is 28.3 Å². The molecule has 0 unspecified atom stereocenters. The fraction of sp³-hybridized carbons (Fsp3) is 0.643. The number of nitriles is 1. The van der Waals surface area contributed by atoms with Crippen molar-refractivity contribution in [2.75, 3.05) is 11.4 Å². The second kappa shape index (κ2) is 7.15. The molecule has 184 valence electrons. The fourth-order valence-corrected chi connectivity index (χ4v) is 7.10. The molecule has 2 aromatic rings. The summed E-state index contributed by atoms with van der Waals surface area (Å²) < 4.78 is 20.1. The highest BCUT2D eigenvalue weighted by Gasteiger charge is 2.73. The van der Waals surface area contributed by atoms with Crippen LogP contribution in [-0.2, 0) is 15.6 Å². The maximum absolute atomic E-state index is 14.3. The minimum atomic E-state index is -1.13. The molecule has 1 aromatic carbocycles. The Hall–Kier alpha value is -2.75. The summed E-state index contributed by atoms with van der Waals surface area (Å²) in [5.41, 5.74) is -0.575. The van der Waals surface area contributed by atoms with E-state index < -0.39 is 11.1 Å². The van der Waals surface area contributed by atoms with E-state index in [0.29, 0.717) is 31.4 Å². The van der Waals surface area contributed by atoms with Crippen LogP contribution in [0, 0.1) is 22.2 Å². The Balaban J connectivity index is 1.24. The number of benzene rings is 1. The molecule has 6 aliphatic carbocycles. The van der Waals surface area contributed by atoms with Gasteiger partial charge in [0.15, 0.2) is 5.82 Å². The SMILES string of the molecule is CC(C)(C)c1noc(C23CCC(CN(C(=O)C45CC(F)(C4)C5)c4cccc(C#N)c4)(CC2)CC3)n1. The molecule has 1 aromatic heterocycles. The average Bonchev–Trinajstić information content (AvgIpc) is 3.33. The van der Waals surface area contributed by atoms with Gasteiger partial charge < -0.3 is 9.42 Å². The van der Waals surface area contributed by atoms with Crippen LogP contribution >= 0.6 is 0 Å². The molecule has 0 atom stereocenters. The van der Waals surface area contributed by atoms with E-state index in [1.165, 1.54) is 0 Å². The second-order valence-electron chi connectivity index (χ2n) is 13.0. The molecule has 6 saturated carbocycles. The number of nitrogens with zero attached hydrogens (tertiary/aromatic N) is 4. The van der Waals surface area contributed by atoms with Gasteiger partial charge in [-0.3, -0.25) is 4.79 Å². The van der Waals surface area contributed by atoms with E-state index >= 15 is 0 Å². The first-order chi connectivity index (χ1) is 16.5. The summed E-state index contributed by atoms with van der Waals surface area (Å²) in [7, 11) is 0. The standard InChI is InChI=1S/C28H33FN4O2/c1-24(2,3)21-31-22(35-32-21)26-10-7-25(8-11-26,9-12-26)18-33(20-6-4-5-19(13-20)14-30)23(34)27-15-28(29,16-27)17-27/h4-6,13H,7-12,15-18H2,1-3H3. The molecule has 6 aliphatic rings. The lowest BCUT2D eigenvalue weighted by atomic mass is 9.41. The molecule has 0 aliphatic heterocycles. The number of fused-ring (bicyclic) bond motifs is 3. The van der Waals surface area contributed by atoms with Crippen LogP contribution < -0.4 is 4.90 Å². The van der Waals surface area contributed by atoms with E-state index in [2.05, 4.69) is 32.0 Å². The van der Waals surface area contributed by atoms with Crippen LogP contribution in [0.4, 0.5) is 10.1 Å². The van der Waals surface area contributed by atoms with Crippen molar-refractivity contribution in [3.8, 4) is 6.07 Å². The molecule has 0 saturated heterocycles. The molecule has 0 spiro atoms. The number of amides is 1. The first-order valence-corrected chi connectivity index (χ1v) is 12.9. The number of anilines is 1. The topological polar surface area (TPSA) is 83.0 Å². The Morgan fingerprint density at radius 3 is 2.34 bits per heavy atom. The number of carbonyl (C=O) groups is 1. The molecular formula is C28H33FN4O2. The Morgan fingerprint density at radius 1 is 1.14 bits per heavy atom. The highest BCUT2D eigenvalue weighted by Crippen LogP contribution is 2.70. The number of hydrogen-bond donors (Lipinski definition) is 0. The molecule has 4 bridgehead atoms. The van der Waals surface area contributed by atoms with Crippen LogP contribution in [0.1, 0.15) is 95.8 Å². The van der Waals surface area contributed by atoms with Crippen LogP contribution in [0.5, 0.6) is 0 Å². The van der Waals surface area contributed by atoms with Gasteiger partial charge in [-0.15, -0.1) is 0 Å². The number of carbonyl (C=O) groups excluding carboxylic acids is 1. The summed E-state index contributed by atoms with van der Waals surface area (Å²) >= 11 is 0. The summed E-state index contributed by atoms with van der Waals surface area (Å²) in [6, 6.07) is 9.49. The van der Waals surface area contributed by atoms with Crippen LogP contribution in [0.3, 0.4) is 0 Å². The minimum Gasteiger partial charge on any atom is -0.339 e. The van der Waals surface area contributed by atoms with E-state index in [4.69, 9.17) is 9.51 Å². The lowest BCUT2D eigenvalue weighted by molar-refractivity contribution is -0.211. The van der Waals surface area contributed by atoms with Gasteiger partial charge in [0.2, 0.25) is 11.8 Å². The van der Waals surface area contributed by atoms with Gasteiger partial charge in [0.05, 0.1) is 17.0 Å². The van der Waals surface area contributed by atoms with Crippen LogP contribution in [0.25, 0.3) is 0 Å². The zero-order valence-electron chi connectivity index (χ0n) is 20.9. The van der Waals surface area contributed by atoms with E-state index in [0.717, 1.165) is 55.9 Å². The van der Waals surface area contributed by atoms with Crippen molar-refractivity contribution in [3.05, 3.63) is 41.5 Å². The Kier molecular flexibility index (Phi) is 4.64. The molecule has 35 heavy (non-hydrogen) atoms. The van der Waals surface area contributed by atoms with Gasteiger partial charge in [-0.05, 0) is 81.4 Å². The molecule has 8 rings (SSSR count). The molecular weight excluding hydrogens is 443 g/mol. The van der Waals surface area contributed by atoms with Gasteiger partial charge >= 0.3 is 0 Å². The maximum atomic E-state index is 14.3. The van der Waals surface area contributed by atoms with E-state index in [1.807, 2.05) is 17.0 Å². The predicted octanol–water partition coefficient (Wildman–Crippen LogP) is 5.76. The predicted molar refractivity (Wildman–Crippen MR) is 128 cm³/mol. The van der Waals surface area contributed by atoms with Gasteiger partial charge in [0.25, 0.3) is 0 Å². The largest absolute Gasteiger partial charge is 0.339 e. The molecule has 6 fully saturated rings. The van der Waals surface area contributed by atoms with Gasteiger partial charge in [-0.1, -0.05) is 32.0 Å². The van der Waals surface area contributed by atoms with Crippen molar-refractivity contribution in [2.24, 2.45) is 10.8 Å². The monoisotopic (exact) mass is 476 g/mol. The van der Waals surface area contributed by atoms with E-state index in [1.54, 1.807) is 12.1 Å². The number of alkyl halides is 1. The van der Waals surface area contributed by atoms with Crippen molar-refractivity contribution < 1.29 is 13.7 Å². The summed E-state index contributed by atoms with van der Waals surface area (Å²) in [6.07, 6.45) is 6.91.